The lowest BCUT2D eigenvalue weighted by molar-refractivity contribution is -0.139. The molecule has 2 aliphatic rings. The maximum absolute atomic E-state index is 14.3. The van der Waals surface area contributed by atoms with Gasteiger partial charge in [0, 0.05) is 17.8 Å². The van der Waals surface area contributed by atoms with Gasteiger partial charge in [0.2, 0.25) is 11.8 Å². The van der Waals surface area contributed by atoms with Gasteiger partial charge in [-0.3, -0.25) is 19.1 Å². The molecule has 1 saturated carbocycles. The number of carbonyl (C=O) groups is 3. The van der Waals surface area contributed by atoms with Crippen molar-refractivity contribution >= 4 is 28.6 Å². The number of fused-ring (bicyclic) bond motifs is 1. The fourth-order valence-electron chi connectivity index (χ4n) is 5.08. The maximum atomic E-state index is 14.3. The Bertz CT molecular complexity index is 1050. The summed E-state index contributed by atoms with van der Waals surface area (Å²) in [6.07, 6.45) is 2.64. The summed E-state index contributed by atoms with van der Waals surface area (Å²) in [6, 6.07) is 6.15. The predicted octanol–water partition coefficient (Wildman–Crippen LogP) is 2.16. The van der Waals surface area contributed by atoms with Crippen molar-refractivity contribution in [3.05, 3.63) is 30.0 Å². The molecule has 0 spiro atoms. The number of rotatable bonds is 5. The van der Waals surface area contributed by atoms with E-state index < -0.39 is 24.0 Å². The number of primary amides is 1. The van der Waals surface area contributed by atoms with Crippen molar-refractivity contribution in [3.63, 3.8) is 0 Å². The monoisotopic (exact) mass is 443 g/mol. The molecule has 1 aliphatic heterocycles. The zero-order chi connectivity index (χ0) is 23.0. The Balaban J connectivity index is 1.50. The maximum Gasteiger partial charge on any atom is 0.269 e. The summed E-state index contributed by atoms with van der Waals surface area (Å²) in [5, 5.41) is 7.80. The number of halogens is 1. The van der Waals surface area contributed by atoms with Gasteiger partial charge in [0.25, 0.3) is 5.91 Å². The number of nitrogens with two attached hydrogens (primary N) is 1. The normalized spacial score (nSPS) is 25.1. The minimum Gasteiger partial charge on any atom is -0.364 e. The van der Waals surface area contributed by atoms with Gasteiger partial charge in [-0.05, 0) is 30.7 Å². The van der Waals surface area contributed by atoms with E-state index in [1.165, 1.54) is 9.58 Å². The quantitative estimate of drug-likeness (QED) is 0.738. The van der Waals surface area contributed by atoms with Gasteiger partial charge in [-0.2, -0.15) is 5.10 Å². The van der Waals surface area contributed by atoms with Gasteiger partial charge < -0.3 is 16.0 Å². The molecule has 1 aliphatic carbocycles. The first kappa shape index (κ1) is 22.2. The molecule has 2 heterocycles. The summed E-state index contributed by atoms with van der Waals surface area (Å²) in [7, 11) is 0. The summed E-state index contributed by atoms with van der Waals surface area (Å²) in [6.45, 7) is 4.03. The highest BCUT2D eigenvalue weighted by molar-refractivity contribution is 6.04. The zero-order valence-electron chi connectivity index (χ0n) is 18.5. The second kappa shape index (κ2) is 8.52. The van der Waals surface area contributed by atoms with Gasteiger partial charge in [0.1, 0.15) is 18.8 Å². The van der Waals surface area contributed by atoms with Crippen molar-refractivity contribution < 1.29 is 18.8 Å². The van der Waals surface area contributed by atoms with Crippen LogP contribution >= 0.6 is 0 Å². The highest BCUT2D eigenvalue weighted by Gasteiger charge is 2.41. The van der Waals surface area contributed by atoms with Crippen LogP contribution < -0.4 is 11.1 Å². The molecule has 0 bridgehead atoms. The fourth-order valence-corrected chi connectivity index (χ4v) is 5.08. The van der Waals surface area contributed by atoms with E-state index in [1.807, 2.05) is 0 Å². The van der Waals surface area contributed by atoms with E-state index >= 15 is 0 Å². The van der Waals surface area contributed by atoms with Gasteiger partial charge in [-0.15, -0.1) is 0 Å². The van der Waals surface area contributed by atoms with Crippen molar-refractivity contribution in [2.24, 2.45) is 11.1 Å². The lowest BCUT2D eigenvalue weighted by Crippen LogP contribution is -2.50. The average Bonchev–Trinajstić information content (AvgIpc) is 3.28. The first-order valence-corrected chi connectivity index (χ1v) is 11.1. The molecule has 1 aromatic heterocycles. The Kier molecular flexibility index (Phi) is 5.92. The second-order valence-electron chi connectivity index (χ2n) is 9.75. The number of hydrogen-bond donors (Lipinski definition) is 2. The molecule has 1 aromatic carbocycles. The van der Waals surface area contributed by atoms with E-state index in [0.717, 1.165) is 25.7 Å². The number of nitrogens with zero attached hydrogens (tertiary/aromatic N) is 3. The fraction of sp³-hybridized carbons (Fsp3) is 0.565. The number of para-hydroxylation sites is 1. The number of carbonyl (C=O) groups excluding carboxylic acids is 3. The first-order chi connectivity index (χ1) is 15.1. The van der Waals surface area contributed by atoms with E-state index in [4.69, 9.17) is 5.73 Å². The highest BCUT2D eigenvalue weighted by Crippen LogP contribution is 2.35. The molecule has 32 heavy (non-hydrogen) atoms. The lowest BCUT2D eigenvalue weighted by atomic mass is 9.75. The van der Waals surface area contributed by atoms with E-state index in [0.29, 0.717) is 10.9 Å². The number of hydrogen-bond acceptors (Lipinski definition) is 4. The van der Waals surface area contributed by atoms with Crippen LogP contribution in [0.2, 0.25) is 0 Å². The molecule has 172 valence electrons. The largest absolute Gasteiger partial charge is 0.364 e. The molecule has 1 saturated heterocycles. The number of benzene rings is 1. The van der Waals surface area contributed by atoms with E-state index in [2.05, 4.69) is 24.3 Å². The average molecular weight is 444 g/mol. The van der Waals surface area contributed by atoms with Crippen molar-refractivity contribution in [1.82, 2.24) is 20.0 Å². The summed E-state index contributed by atoms with van der Waals surface area (Å²) >= 11 is 0. The minimum absolute atomic E-state index is 0.0138. The summed E-state index contributed by atoms with van der Waals surface area (Å²) in [5.41, 5.74) is 6.23. The van der Waals surface area contributed by atoms with Crippen molar-refractivity contribution in [1.29, 1.82) is 0 Å². The van der Waals surface area contributed by atoms with Crippen LogP contribution in [0.5, 0.6) is 0 Å². The Labute approximate surface area is 186 Å². The van der Waals surface area contributed by atoms with Crippen LogP contribution in [-0.4, -0.2) is 57.2 Å². The number of aromatic nitrogens is 2. The molecule has 8 nitrogen and oxygen atoms in total. The number of likely N-dealkylation sites (tertiary alicyclic amines) is 1. The Morgan fingerprint density at radius 2 is 2.03 bits per heavy atom. The predicted molar refractivity (Wildman–Crippen MR) is 117 cm³/mol. The molecule has 2 aromatic rings. The standard InChI is InChI=1S/C23H30FN5O3/c1-23(2)9-5-6-15(11-23)26-22(32)18-10-14(24)12-28(18)19(30)13-29-17-8-4-3-7-16(17)20(27-29)21(25)31/h3-4,7-8,14-15,18H,5-6,9-13H2,1-2H3,(H2,25,31)(H,26,32)/t14-,15-,18+/m1/s1. The van der Waals surface area contributed by atoms with Crippen LogP contribution in [-0.2, 0) is 16.1 Å². The Morgan fingerprint density at radius 3 is 2.75 bits per heavy atom. The van der Waals surface area contributed by atoms with Crippen molar-refractivity contribution in [2.45, 2.75) is 70.8 Å². The topological polar surface area (TPSA) is 110 Å². The van der Waals surface area contributed by atoms with E-state index in [1.54, 1.807) is 24.3 Å². The third-order valence-electron chi connectivity index (χ3n) is 6.60. The van der Waals surface area contributed by atoms with E-state index in [-0.39, 0.29) is 42.6 Å². The summed E-state index contributed by atoms with van der Waals surface area (Å²) in [4.78, 5) is 39.1. The molecular weight excluding hydrogens is 413 g/mol. The van der Waals surface area contributed by atoms with Crippen LogP contribution in [0.1, 0.15) is 56.4 Å². The Morgan fingerprint density at radius 1 is 1.28 bits per heavy atom. The van der Waals surface area contributed by atoms with Gasteiger partial charge in [-0.25, -0.2) is 4.39 Å². The van der Waals surface area contributed by atoms with Crippen molar-refractivity contribution in [2.75, 3.05) is 6.54 Å². The summed E-state index contributed by atoms with van der Waals surface area (Å²) in [5.74, 6) is -1.41. The van der Waals surface area contributed by atoms with Crippen LogP contribution in [0.3, 0.4) is 0 Å². The third-order valence-corrected chi connectivity index (χ3v) is 6.60. The number of nitrogens with one attached hydrogen (secondary N) is 1. The lowest BCUT2D eigenvalue weighted by Gasteiger charge is -2.36. The van der Waals surface area contributed by atoms with Gasteiger partial charge in [-0.1, -0.05) is 38.5 Å². The molecular formula is C23H30FN5O3. The Hall–Kier alpha value is -2.97. The number of amides is 3. The SMILES string of the molecule is CC1(C)CCC[C@@H](NC(=O)[C@@H]2C[C@@H](F)CN2C(=O)Cn2nc(C(N)=O)c3ccccc32)C1. The molecule has 9 heteroatoms. The van der Waals surface area contributed by atoms with Crippen molar-refractivity contribution in [3.8, 4) is 0 Å². The second-order valence-corrected chi connectivity index (χ2v) is 9.75. The molecule has 0 radical (unpaired) electrons. The third kappa shape index (κ3) is 4.47. The smallest absolute Gasteiger partial charge is 0.269 e. The van der Waals surface area contributed by atoms with Crippen LogP contribution in [0.25, 0.3) is 10.9 Å². The van der Waals surface area contributed by atoms with Crippen LogP contribution in [0, 0.1) is 5.41 Å². The molecule has 4 rings (SSSR count). The molecule has 3 N–H and O–H groups in total. The number of alkyl halides is 1. The van der Waals surface area contributed by atoms with Gasteiger partial charge >= 0.3 is 0 Å². The molecule has 2 fully saturated rings. The minimum atomic E-state index is -1.26. The molecule has 3 amide bonds. The highest BCUT2D eigenvalue weighted by atomic mass is 19.1. The van der Waals surface area contributed by atoms with E-state index in [9.17, 15) is 18.8 Å². The first-order valence-electron chi connectivity index (χ1n) is 11.1. The van der Waals surface area contributed by atoms with Crippen LogP contribution in [0.4, 0.5) is 4.39 Å². The molecule has 3 atom stereocenters. The zero-order valence-corrected chi connectivity index (χ0v) is 18.5. The molecule has 0 unspecified atom stereocenters. The van der Waals surface area contributed by atoms with Gasteiger partial charge in [0.15, 0.2) is 5.69 Å². The summed E-state index contributed by atoms with van der Waals surface area (Å²) < 4.78 is 15.7. The van der Waals surface area contributed by atoms with Gasteiger partial charge in [0.05, 0.1) is 12.1 Å². The van der Waals surface area contributed by atoms with Crippen LogP contribution in [0.15, 0.2) is 24.3 Å².